The summed E-state index contributed by atoms with van der Waals surface area (Å²) in [6.45, 7) is 0.124. The highest BCUT2D eigenvalue weighted by Crippen LogP contribution is 2.30. The first-order valence-corrected chi connectivity index (χ1v) is 12.6. The van der Waals surface area contributed by atoms with E-state index in [2.05, 4.69) is 10.6 Å². The number of hydrogen-bond donors (Lipinski definition) is 11. The van der Waals surface area contributed by atoms with Crippen LogP contribution in [0.1, 0.15) is 13.8 Å². The molecule has 18 heteroatoms. The third-order valence-electron chi connectivity index (χ3n) is 6.88. The maximum atomic E-state index is 11.8. The normalized spacial score (nSPS) is 46.0. The zero-order valence-electron chi connectivity index (χ0n) is 21.7. The van der Waals surface area contributed by atoms with Gasteiger partial charge in [0.15, 0.2) is 18.9 Å². The van der Waals surface area contributed by atoms with Crippen molar-refractivity contribution < 1.29 is 79.2 Å². The molecule has 0 spiro atoms. The van der Waals surface area contributed by atoms with Crippen LogP contribution >= 0.6 is 0 Å². The number of aliphatic hydroxyl groups is 9. The van der Waals surface area contributed by atoms with E-state index in [-0.39, 0.29) is 0 Å². The minimum Gasteiger partial charge on any atom is -0.394 e. The molecular formula is C22H38N2O16. The number of rotatable bonds is 9. The van der Waals surface area contributed by atoms with Crippen molar-refractivity contribution in [3.05, 3.63) is 0 Å². The minimum absolute atomic E-state index is 0.625. The van der Waals surface area contributed by atoms with E-state index < -0.39 is 124 Å². The Labute approximate surface area is 228 Å². The van der Waals surface area contributed by atoms with E-state index in [1.807, 2.05) is 0 Å². The molecule has 18 nitrogen and oxygen atoms in total. The zero-order valence-corrected chi connectivity index (χ0v) is 21.7. The SMILES string of the molecule is CC(=O)N[C@@H]1[C@@H](O)[C@H](O[C@@H]2O[C@H](CO)[C@@H](O)[C@H](O)[C@H]2NC(C)=O)[C@@H](CO[C@H]2O[C@H](CO)[C@@H](O)[C@H](O)[C@@H]2O)O[C@H]1O. The highest BCUT2D eigenvalue weighted by Gasteiger charge is 2.52. The molecule has 3 aliphatic heterocycles. The summed E-state index contributed by atoms with van der Waals surface area (Å²) in [7, 11) is 0. The van der Waals surface area contributed by atoms with Crippen molar-refractivity contribution in [2.24, 2.45) is 0 Å². The number of carbonyl (C=O) groups excluding carboxylic acids is 2. The van der Waals surface area contributed by atoms with Gasteiger partial charge in [-0.1, -0.05) is 0 Å². The van der Waals surface area contributed by atoms with Gasteiger partial charge in [0.2, 0.25) is 11.8 Å². The Bertz CT molecular complexity index is 852. The van der Waals surface area contributed by atoms with Gasteiger partial charge in [0.05, 0.1) is 19.8 Å². The molecule has 2 amide bonds. The molecule has 3 aliphatic rings. The van der Waals surface area contributed by atoms with Gasteiger partial charge in [-0.3, -0.25) is 9.59 Å². The second kappa shape index (κ2) is 14.0. The van der Waals surface area contributed by atoms with Gasteiger partial charge in [-0.25, -0.2) is 0 Å². The Morgan fingerprint density at radius 2 is 1.18 bits per heavy atom. The zero-order chi connectivity index (χ0) is 29.9. The van der Waals surface area contributed by atoms with Crippen LogP contribution in [0.25, 0.3) is 0 Å². The standard InChI is InChI=1S/C22H38N2O16/c1-6(27)23-11-16(32)19(40-21-12(24-7(2)28)15(31)13(29)8(3-25)38-21)10(37-20(11)35)5-36-22-18(34)17(33)14(30)9(4-26)39-22/h8-22,25-26,29-35H,3-5H2,1-2H3,(H,23,27)(H,24,28)/t8-,9-,10-,11-,12-,13-,14-,15-,16-,17+,18+,19-,20-,21+,22+/m1/s1. The van der Waals surface area contributed by atoms with Crippen molar-refractivity contribution in [2.45, 2.75) is 106 Å². The molecule has 0 unspecified atom stereocenters. The number of amides is 2. The summed E-state index contributed by atoms with van der Waals surface area (Å²) in [5, 5.41) is 96.2. The predicted molar refractivity (Wildman–Crippen MR) is 124 cm³/mol. The summed E-state index contributed by atoms with van der Waals surface area (Å²) in [6, 6.07) is -2.86. The third kappa shape index (κ3) is 7.23. The molecule has 0 aliphatic carbocycles. The average Bonchev–Trinajstić information content (AvgIpc) is 2.90. The Kier molecular flexibility index (Phi) is 11.5. The van der Waals surface area contributed by atoms with Crippen molar-refractivity contribution in [1.82, 2.24) is 10.6 Å². The lowest BCUT2D eigenvalue weighted by Crippen LogP contribution is -2.69. The summed E-state index contributed by atoms with van der Waals surface area (Å²) >= 11 is 0. The molecule has 15 atom stereocenters. The van der Waals surface area contributed by atoms with Crippen molar-refractivity contribution in [1.29, 1.82) is 0 Å². The first-order chi connectivity index (χ1) is 18.8. The molecule has 0 aromatic heterocycles. The maximum absolute atomic E-state index is 11.8. The molecule has 3 saturated heterocycles. The van der Waals surface area contributed by atoms with Crippen LogP contribution in [0.3, 0.4) is 0 Å². The fourth-order valence-corrected chi connectivity index (χ4v) is 4.76. The van der Waals surface area contributed by atoms with Gasteiger partial charge < -0.3 is 80.3 Å². The minimum atomic E-state index is -1.81. The predicted octanol–water partition coefficient (Wildman–Crippen LogP) is -7.29. The van der Waals surface area contributed by atoms with Crippen LogP contribution in [-0.4, -0.2) is 170 Å². The van der Waals surface area contributed by atoms with Crippen molar-refractivity contribution in [3.8, 4) is 0 Å². The van der Waals surface area contributed by atoms with Crippen LogP contribution in [0.5, 0.6) is 0 Å². The Morgan fingerprint density at radius 3 is 1.73 bits per heavy atom. The largest absolute Gasteiger partial charge is 0.394 e. The number of aliphatic hydroxyl groups excluding tert-OH is 9. The van der Waals surface area contributed by atoms with Gasteiger partial charge in [0, 0.05) is 13.8 Å². The molecule has 3 fully saturated rings. The molecule has 232 valence electrons. The fourth-order valence-electron chi connectivity index (χ4n) is 4.76. The topological polar surface area (TPSA) is 286 Å². The van der Waals surface area contributed by atoms with E-state index in [1.54, 1.807) is 0 Å². The van der Waals surface area contributed by atoms with Crippen LogP contribution in [0.15, 0.2) is 0 Å². The number of hydrogen-bond acceptors (Lipinski definition) is 16. The highest BCUT2D eigenvalue weighted by atomic mass is 16.7. The summed E-state index contributed by atoms with van der Waals surface area (Å²) in [4.78, 5) is 23.5. The summed E-state index contributed by atoms with van der Waals surface area (Å²) in [5.41, 5.74) is 0. The van der Waals surface area contributed by atoms with Gasteiger partial charge in [-0.2, -0.15) is 0 Å². The number of carbonyl (C=O) groups is 2. The lowest BCUT2D eigenvalue weighted by Gasteiger charge is -2.48. The van der Waals surface area contributed by atoms with Crippen LogP contribution in [0.2, 0.25) is 0 Å². The van der Waals surface area contributed by atoms with E-state index in [1.165, 1.54) is 0 Å². The Morgan fingerprint density at radius 1 is 0.650 bits per heavy atom. The third-order valence-corrected chi connectivity index (χ3v) is 6.88. The molecular weight excluding hydrogens is 548 g/mol. The Balaban J connectivity index is 1.85. The lowest BCUT2D eigenvalue weighted by molar-refractivity contribution is -0.342. The van der Waals surface area contributed by atoms with E-state index >= 15 is 0 Å². The Hall–Kier alpha value is -1.62. The van der Waals surface area contributed by atoms with Crippen LogP contribution < -0.4 is 10.6 Å². The number of ether oxygens (including phenoxy) is 5. The van der Waals surface area contributed by atoms with Crippen LogP contribution in [0, 0.1) is 0 Å². The van der Waals surface area contributed by atoms with E-state index in [9.17, 15) is 55.5 Å². The molecule has 0 aromatic carbocycles. The van der Waals surface area contributed by atoms with Gasteiger partial charge in [0.1, 0.15) is 73.1 Å². The first-order valence-electron chi connectivity index (χ1n) is 12.6. The van der Waals surface area contributed by atoms with Crippen molar-refractivity contribution in [2.75, 3.05) is 19.8 Å². The van der Waals surface area contributed by atoms with Gasteiger partial charge in [-0.05, 0) is 0 Å². The smallest absolute Gasteiger partial charge is 0.217 e. The van der Waals surface area contributed by atoms with Crippen molar-refractivity contribution >= 4 is 11.8 Å². The maximum Gasteiger partial charge on any atom is 0.217 e. The first kappa shape index (κ1) is 32.9. The monoisotopic (exact) mass is 586 g/mol. The van der Waals surface area contributed by atoms with Crippen molar-refractivity contribution in [3.63, 3.8) is 0 Å². The average molecular weight is 587 g/mol. The van der Waals surface area contributed by atoms with E-state index in [0.29, 0.717) is 0 Å². The quantitative estimate of drug-likeness (QED) is 0.120. The molecule has 3 heterocycles. The highest BCUT2D eigenvalue weighted by molar-refractivity contribution is 5.73. The number of nitrogens with one attached hydrogen (secondary N) is 2. The molecule has 0 aromatic rings. The molecule has 0 bridgehead atoms. The van der Waals surface area contributed by atoms with E-state index in [4.69, 9.17) is 23.7 Å². The lowest BCUT2D eigenvalue weighted by atomic mass is 9.94. The molecule has 3 rings (SSSR count). The van der Waals surface area contributed by atoms with Crippen LogP contribution in [0.4, 0.5) is 0 Å². The molecule has 0 saturated carbocycles. The second-order valence-corrected chi connectivity index (χ2v) is 9.85. The summed E-state index contributed by atoms with van der Waals surface area (Å²) < 4.78 is 27.6. The van der Waals surface area contributed by atoms with Gasteiger partial charge in [-0.15, -0.1) is 0 Å². The second-order valence-electron chi connectivity index (χ2n) is 9.85. The van der Waals surface area contributed by atoms with Crippen LogP contribution in [-0.2, 0) is 33.3 Å². The van der Waals surface area contributed by atoms with E-state index in [0.717, 1.165) is 13.8 Å². The molecule has 11 N–H and O–H groups in total. The molecule has 40 heavy (non-hydrogen) atoms. The van der Waals surface area contributed by atoms with Gasteiger partial charge >= 0.3 is 0 Å². The summed E-state index contributed by atoms with van der Waals surface area (Å²) in [5.74, 6) is -1.30. The summed E-state index contributed by atoms with van der Waals surface area (Å²) in [6.07, 6.45) is -21.0. The fraction of sp³-hybridized carbons (Fsp3) is 0.909. The molecule has 0 radical (unpaired) electrons. The van der Waals surface area contributed by atoms with Gasteiger partial charge in [0.25, 0.3) is 0 Å².